The van der Waals surface area contributed by atoms with Gasteiger partial charge in [0.05, 0.1) is 0 Å². The van der Waals surface area contributed by atoms with Gasteiger partial charge in [0, 0.05) is 53.3 Å². The first-order chi connectivity index (χ1) is 18.2. The summed E-state index contributed by atoms with van der Waals surface area (Å²) in [5.41, 5.74) is 4.03. The molecule has 0 unspecified atom stereocenters. The summed E-state index contributed by atoms with van der Waals surface area (Å²) in [4.78, 5) is 16.4. The fraction of sp³-hybridized carbons (Fsp3) is 0.314. The Morgan fingerprint density at radius 1 is 0.925 bits per heavy atom. The zero-order valence-electron chi connectivity index (χ0n) is 24.4. The molecule has 5 heteroatoms. The summed E-state index contributed by atoms with van der Waals surface area (Å²) < 4.78 is 2.67. The van der Waals surface area contributed by atoms with Crippen molar-refractivity contribution in [2.45, 2.75) is 60.8 Å². The molecule has 1 N–H and O–H groups in total. The zero-order valence-corrected chi connectivity index (χ0v) is 27.6. The molecule has 5 aromatic rings. The van der Waals surface area contributed by atoms with Crippen molar-refractivity contribution in [1.29, 1.82) is 0 Å². The molecule has 0 atom stereocenters. The van der Waals surface area contributed by atoms with Crippen LogP contribution in [-0.2, 0) is 30.3 Å². The Hall–Kier alpha value is -2.85. The number of hydrogen-bond acceptors (Lipinski definition) is 4. The van der Waals surface area contributed by atoms with Gasteiger partial charge < -0.3 is 10.1 Å². The van der Waals surface area contributed by atoms with Crippen molar-refractivity contribution in [3.05, 3.63) is 89.8 Å². The van der Waals surface area contributed by atoms with Crippen LogP contribution in [0.1, 0.15) is 66.5 Å². The Kier molecular flexibility index (Phi) is 7.92. The van der Waals surface area contributed by atoms with Crippen molar-refractivity contribution in [1.82, 2.24) is 4.98 Å². The molecule has 6 rings (SSSR count). The first-order valence-corrected chi connectivity index (χ1v) is 14.2. The first kappa shape index (κ1) is 30.1. The topological polar surface area (TPSA) is 50.2 Å². The molecule has 40 heavy (non-hydrogen) atoms. The summed E-state index contributed by atoms with van der Waals surface area (Å²) in [6.45, 7) is 15.8. The van der Waals surface area contributed by atoms with Crippen molar-refractivity contribution in [2.75, 3.05) is 0 Å². The number of allylic oxidation sites excluding steroid dienone is 2. The van der Waals surface area contributed by atoms with Crippen LogP contribution in [-0.4, -0.2) is 15.9 Å². The third-order valence-electron chi connectivity index (χ3n) is 7.57. The van der Waals surface area contributed by atoms with E-state index < -0.39 is 5.41 Å². The van der Waals surface area contributed by atoms with Gasteiger partial charge in [-0.15, -0.1) is 23.8 Å². The van der Waals surface area contributed by atoms with Crippen LogP contribution in [0.4, 0.5) is 0 Å². The molecule has 0 bridgehead atoms. The van der Waals surface area contributed by atoms with Crippen molar-refractivity contribution < 1.29 is 30.0 Å². The van der Waals surface area contributed by atoms with E-state index in [1.807, 2.05) is 65.1 Å². The number of aliphatic hydroxyl groups excluding tert-OH is 1. The molecule has 0 saturated carbocycles. The summed E-state index contributed by atoms with van der Waals surface area (Å²) in [7, 11) is 0. The van der Waals surface area contributed by atoms with E-state index in [0.29, 0.717) is 0 Å². The second kappa shape index (κ2) is 10.5. The van der Waals surface area contributed by atoms with Crippen molar-refractivity contribution in [3.8, 4) is 11.3 Å². The SMILES string of the molecule is CC(C)(C)C(=O)/C=C(\O)C(C)(C)C.CC1(C)c2c(ncc3ccccc23)-c2[c-]ccc3sc4cccc1c4c23.[Ir]. The Balaban J connectivity index is 0.000000229. The van der Waals surface area contributed by atoms with Crippen LogP contribution in [0.25, 0.3) is 42.2 Å². The number of nitrogens with zero attached hydrogens (tertiary/aromatic N) is 1. The van der Waals surface area contributed by atoms with E-state index in [0.717, 1.165) is 11.3 Å². The molecule has 2 heterocycles. The van der Waals surface area contributed by atoms with Gasteiger partial charge in [-0.3, -0.25) is 4.79 Å². The van der Waals surface area contributed by atoms with Crippen molar-refractivity contribution >= 4 is 48.1 Å². The predicted molar refractivity (Wildman–Crippen MR) is 166 cm³/mol. The normalized spacial score (nSPS) is 14.3. The van der Waals surface area contributed by atoms with Gasteiger partial charge in [0.1, 0.15) is 5.76 Å². The van der Waals surface area contributed by atoms with E-state index in [2.05, 4.69) is 68.4 Å². The molecule has 3 aromatic carbocycles. The third-order valence-corrected chi connectivity index (χ3v) is 8.69. The van der Waals surface area contributed by atoms with E-state index in [1.165, 1.54) is 48.1 Å². The summed E-state index contributed by atoms with van der Waals surface area (Å²) in [6.07, 6.45) is 3.34. The van der Waals surface area contributed by atoms with Crippen LogP contribution in [0.2, 0.25) is 0 Å². The zero-order chi connectivity index (χ0) is 28.3. The molecule has 1 radical (unpaired) electrons. The molecule has 3 nitrogen and oxygen atoms in total. The number of benzene rings is 3. The third kappa shape index (κ3) is 5.16. The summed E-state index contributed by atoms with van der Waals surface area (Å²) in [6, 6.07) is 23.1. The molecule has 209 valence electrons. The van der Waals surface area contributed by atoms with E-state index in [-0.39, 0.29) is 42.5 Å². The smallest absolute Gasteiger partial charge is 0.164 e. The molecule has 1 aliphatic rings. The van der Waals surface area contributed by atoms with Crippen LogP contribution in [0.5, 0.6) is 0 Å². The number of carbonyl (C=O) groups is 1. The Bertz CT molecular complexity index is 1780. The number of carbonyl (C=O) groups excluding carboxylic acids is 1. The fourth-order valence-corrected chi connectivity index (χ4v) is 6.33. The van der Waals surface area contributed by atoms with Crippen LogP contribution in [0.3, 0.4) is 0 Å². The van der Waals surface area contributed by atoms with Gasteiger partial charge in [-0.2, -0.15) is 11.3 Å². The van der Waals surface area contributed by atoms with Crippen molar-refractivity contribution in [3.63, 3.8) is 0 Å². The average molecular weight is 727 g/mol. The second-order valence-electron chi connectivity index (χ2n) is 13.0. The van der Waals surface area contributed by atoms with E-state index in [4.69, 9.17) is 4.98 Å². The molecule has 0 saturated heterocycles. The van der Waals surface area contributed by atoms with Crippen molar-refractivity contribution in [2.24, 2.45) is 10.8 Å². The summed E-state index contributed by atoms with van der Waals surface area (Å²) >= 11 is 1.87. The minimum atomic E-state index is -0.417. The monoisotopic (exact) mass is 727 g/mol. The molecular formula is C35H36IrNO2S-. The largest absolute Gasteiger partial charge is 0.512 e. The van der Waals surface area contributed by atoms with Crippen LogP contribution in [0, 0.1) is 16.9 Å². The summed E-state index contributed by atoms with van der Waals surface area (Å²) in [5, 5.41) is 14.7. The number of thiophene rings is 1. The number of ketones is 1. The first-order valence-electron chi connectivity index (χ1n) is 13.4. The fourth-order valence-electron chi connectivity index (χ4n) is 5.19. The van der Waals surface area contributed by atoms with Gasteiger partial charge in [0.15, 0.2) is 5.78 Å². The average Bonchev–Trinajstić information content (AvgIpc) is 3.22. The van der Waals surface area contributed by atoms with E-state index in [1.54, 1.807) is 0 Å². The number of pyridine rings is 1. The Morgan fingerprint density at radius 2 is 1.60 bits per heavy atom. The molecule has 1 aliphatic carbocycles. The van der Waals surface area contributed by atoms with Crippen LogP contribution < -0.4 is 0 Å². The summed E-state index contributed by atoms with van der Waals surface area (Å²) in [5.74, 6) is 0.104. The Morgan fingerprint density at radius 3 is 2.27 bits per heavy atom. The van der Waals surface area contributed by atoms with Gasteiger partial charge in [0.2, 0.25) is 0 Å². The quantitative estimate of drug-likeness (QED) is 0.106. The maximum atomic E-state index is 11.5. The number of aromatic nitrogens is 1. The standard InChI is InChI=1S/C24H16NS.C11H20O2.Ir/c1-24(2)17-10-6-12-19-21(17)20-16(9-5-11-18(20)26-19)23-22(24)15-8-4-3-7-14(15)13-25-23;1-10(2,3)8(12)7-9(13)11(4,5)6;/h3-8,10-13H,1-2H3;7,12H,1-6H3;/q-1;;/b;8-7-;. The maximum absolute atomic E-state index is 11.5. The van der Waals surface area contributed by atoms with E-state index >= 15 is 0 Å². The van der Waals surface area contributed by atoms with Gasteiger partial charge in [0.25, 0.3) is 0 Å². The maximum Gasteiger partial charge on any atom is 0.164 e. The van der Waals surface area contributed by atoms with Gasteiger partial charge >= 0.3 is 0 Å². The molecule has 0 spiro atoms. The molecule has 0 fully saturated rings. The Labute approximate surface area is 254 Å². The van der Waals surface area contributed by atoms with Crippen LogP contribution >= 0.6 is 11.3 Å². The number of hydrogen-bond donors (Lipinski definition) is 1. The second-order valence-corrected chi connectivity index (χ2v) is 14.0. The number of aliphatic hydroxyl groups is 1. The predicted octanol–water partition coefficient (Wildman–Crippen LogP) is 9.80. The minimum absolute atomic E-state index is 0. The number of fused-ring (bicyclic) bond motifs is 4. The molecule has 0 aliphatic heterocycles. The van der Waals surface area contributed by atoms with Gasteiger partial charge in [-0.05, 0) is 43.7 Å². The molecule has 2 aromatic heterocycles. The van der Waals surface area contributed by atoms with Gasteiger partial charge in [-0.1, -0.05) is 97.2 Å². The minimum Gasteiger partial charge on any atom is -0.512 e. The van der Waals surface area contributed by atoms with Crippen LogP contribution in [0.15, 0.2) is 72.6 Å². The van der Waals surface area contributed by atoms with Gasteiger partial charge in [-0.25, -0.2) is 0 Å². The molecular weight excluding hydrogens is 691 g/mol. The molecule has 0 amide bonds. The number of rotatable bonds is 1. The van der Waals surface area contributed by atoms with E-state index in [9.17, 15) is 9.90 Å².